The topological polar surface area (TPSA) is 125 Å². The number of carboxylic acid groups (broad SMARTS) is 1. The lowest BCUT2D eigenvalue weighted by Crippen LogP contribution is -2.10. The Balaban J connectivity index is 1.21. The van der Waals surface area contributed by atoms with Gasteiger partial charge in [0.2, 0.25) is 0 Å². The monoisotopic (exact) mass is 631 g/mol. The van der Waals surface area contributed by atoms with Gasteiger partial charge in [0.15, 0.2) is 39.2 Å². The molecule has 0 aliphatic rings. The first-order chi connectivity index (χ1) is 21.2. The third-order valence-electron chi connectivity index (χ3n) is 6.53. The van der Waals surface area contributed by atoms with Gasteiger partial charge in [-0.25, -0.2) is 19.2 Å². The molecule has 0 spiro atoms. The Morgan fingerprint density at radius 1 is 1.02 bits per heavy atom. The second-order valence-corrected chi connectivity index (χ2v) is 12.2. The van der Waals surface area contributed by atoms with E-state index in [1.54, 1.807) is 12.1 Å². The molecule has 0 aliphatic heterocycles. The predicted molar refractivity (Wildman–Crippen MR) is 172 cm³/mol. The minimum absolute atomic E-state index is 0.0409. The summed E-state index contributed by atoms with van der Waals surface area (Å²) in [6.45, 7) is 4.61. The molecule has 5 rings (SSSR count). The van der Waals surface area contributed by atoms with E-state index in [9.17, 15) is 14.3 Å². The van der Waals surface area contributed by atoms with E-state index >= 15 is 0 Å². The standard InChI is InChI=1S/C31H30FN7O3S2/c1-18-19(2)28(38-37-27(18)35-30-33-22-10-5-6-11-24(22)43-30)36-31-34-26(29(40)41)25(44-31)12-8-16-42-23-14-13-20(17-21(23)32)9-7-15-39(3)4/h5-6,10-11,13-14,17H,8,12,15-16H2,1-4H3,(H,40,41)(H,33,35,37)(H,34,36,38). The fraction of sp³-hybridized carbons (Fsp3) is 0.258. The Hall–Kier alpha value is -4.64. The number of nitrogens with one attached hydrogen (secondary N) is 2. The number of ether oxygens (including phenoxy) is 1. The highest BCUT2D eigenvalue weighted by atomic mass is 32.1. The number of rotatable bonds is 11. The third-order valence-corrected chi connectivity index (χ3v) is 8.52. The average Bonchev–Trinajstić information content (AvgIpc) is 3.59. The summed E-state index contributed by atoms with van der Waals surface area (Å²) in [7, 11) is 3.82. The molecule has 3 heterocycles. The predicted octanol–water partition coefficient (Wildman–Crippen LogP) is 6.41. The number of aromatic carboxylic acids is 1. The van der Waals surface area contributed by atoms with E-state index in [0.29, 0.717) is 51.7 Å². The van der Waals surface area contributed by atoms with Crippen LogP contribution in [0, 0.1) is 31.5 Å². The van der Waals surface area contributed by atoms with Crippen molar-refractivity contribution in [3.63, 3.8) is 0 Å². The van der Waals surface area contributed by atoms with Crippen molar-refractivity contribution in [2.45, 2.75) is 26.7 Å². The van der Waals surface area contributed by atoms with Crippen LogP contribution < -0.4 is 15.4 Å². The molecule has 44 heavy (non-hydrogen) atoms. The van der Waals surface area contributed by atoms with Gasteiger partial charge in [-0.15, -0.1) is 21.5 Å². The Labute approximate surface area is 262 Å². The molecule has 5 aromatic rings. The van der Waals surface area contributed by atoms with Gasteiger partial charge < -0.3 is 20.5 Å². The minimum Gasteiger partial charge on any atom is -0.491 e. The first kappa shape index (κ1) is 30.8. The van der Waals surface area contributed by atoms with Crippen LogP contribution in [0.3, 0.4) is 0 Å². The molecular weight excluding hydrogens is 602 g/mol. The van der Waals surface area contributed by atoms with Gasteiger partial charge in [0.1, 0.15) is 0 Å². The lowest BCUT2D eigenvalue weighted by molar-refractivity contribution is 0.0690. The minimum atomic E-state index is -1.13. The van der Waals surface area contributed by atoms with Crippen molar-refractivity contribution in [3.8, 4) is 17.6 Å². The van der Waals surface area contributed by atoms with Crippen LogP contribution in [0.4, 0.5) is 26.3 Å². The first-order valence-electron chi connectivity index (χ1n) is 13.7. The molecule has 0 amide bonds. The van der Waals surface area contributed by atoms with Gasteiger partial charge in [-0.1, -0.05) is 35.3 Å². The van der Waals surface area contributed by atoms with Crippen LogP contribution in [0.5, 0.6) is 5.75 Å². The summed E-state index contributed by atoms with van der Waals surface area (Å²) in [5.74, 6) is 5.45. The molecule has 0 bridgehead atoms. The van der Waals surface area contributed by atoms with Gasteiger partial charge in [-0.2, -0.15) is 0 Å². The number of benzene rings is 2. The number of para-hydroxylation sites is 1. The van der Waals surface area contributed by atoms with Gasteiger partial charge in [0.05, 0.1) is 23.4 Å². The van der Waals surface area contributed by atoms with Crippen LogP contribution in [0.1, 0.15) is 38.5 Å². The molecule has 0 aliphatic carbocycles. The Morgan fingerprint density at radius 2 is 1.73 bits per heavy atom. The summed E-state index contributed by atoms with van der Waals surface area (Å²) in [6.07, 6.45) is 0.862. The zero-order valence-corrected chi connectivity index (χ0v) is 26.2. The quantitative estimate of drug-likeness (QED) is 0.111. The number of carboxylic acids is 1. The van der Waals surface area contributed by atoms with Crippen LogP contribution >= 0.6 is 22.7 Å². The smallest absolute Gasteiger partial charge is 0.355 e. The largest absolute Gasteiger partial charge is 0.491 e. The second kappa shape index (κ2) is 13.8. The lowest BCUT2D eigenvalue weighted by Gasteiger charge is -2.11. The molecule has 10 nitrogen and oxygen atoms in total. The average molecular weight is 632 g/mol. The van der Waals surface area contributed by atoms with E-state index in [4.69, 9.17) is 4.74 Å². The zero-order valence-electron chi connectivity index (χ0n) is 24.6. The summed E-state index contributed by atoms with van der Waals surface area (Å²) < 4.78 is 21.2. The van der Waals surface area contributed by atoms with E-state index in [0.717, 1.165) is 21.3 Å². The SMILES string of the molecule is Cc1c(Nc2nc(C(=O)O)c(CCCOc3ccc(C#CCN(C)C)cc3F)s2)nnc(Nc2nc3ccccc3s2)c1C. The van der Waals surface area contributed by atoms with Gasteiger partial charge in [0.25, 0.3) is 0 Å². The number of aromatic nitrogens is 4. The molecule has 13 heteroatoms. The number of nitrogens with zero attached hydrogens (tertiary/aromatic N) is 5. The fourth-order valence-corrected chi connectivity index (χ4v) is 5.98. The van der Waals surface area contributed by atoms with Gasteiger partial charge in [-0.05, 0) is 71.1 Å². The van der Waals surface area contributed by atoms with E-state index < -0.39 is 11.8 Å². The van der Waals surface area contributed by atoms with Crippen molar-refractivity contribution in [2.24, 2.45) is 0 Å². The number of fused-ring (bicyclic) bond motifs is 1. The summed E-state index contributed by atoms with van der Waals surface area (Å²) in [4.78, 5) is 23.3. The van der Waals surface area contributed by atoms with Crippen LogP contribution in [-0.4, -0.2) is 63.4 Å². The van der Waals surface area contributed by atoms with Gasteiger partial charge in [0, 0.05) is 21.6 Å². The molecule has 0 unspecified atom stereocenters. The second-order valence-electron chi connectivity index (χ2n) is 10.1. The number of carbonyl (C=O) groups is 1. The zero-order chi connectivity index (χ0) is 31.2. The van der Waals surface area contributed by atoms with Gasteiger partial charge in [-0.3, -0.25) is 4.90 Å². The Bertz CT molecular complexity index is 1840. The molecule has 3 aromatic heterocycles. The van der Waals surface area contributed by atoms with Crippen molar-refractivity contribution in [2.75, 3.05) is 37.9 Å². The summed E-state index contributed by atoms with van der Waals surface area (Å²) >= 11 is 2.75. The molecular formula is C31H30FN7O3S2. The number of thiazole rings is 2. The molecule has 0 saturated heterocycles. The van der Waals surface area contributed by atoms with E-state index in [2.05, 4.69) is 42.6 Å². The molecule has 2 aromatic carbocycles. The Morgan fingerprint density at radius 3 is 2.39 bits per heavy atom. The van der Waals surface area contributed by atoms with E-state index in [-0.39, 0.29) is 18.1 Å². The number of hydrogen-bond acceptors (Lipinski definition) is 11. The Kier molecular flexibility index (Phi) is 9.64. The number of anilines is 4. The number of halogens is 1. The molecule has 0 radical (unpaired) electrons. The molecule has 0 atom stereocenters. The van der Waals surface area contributed by atoms with Gasteiger partial charge >= 0.3 is 5.97 Å². The number of hydrogen-bond donors (Lipinski definition) is 3. The molecule has 226 valence electrons. The fourth-order valence-electron chi connectivity index (χ4n) is 4.12. The molecule has 0 saturated carbocycles. The van der Waals surface area contributed by atoms with Crippen molar-refractivity contribution < 1.29 is 19.0 Å². The van der Waals surface area contributed by atoms with E-state index in [1.165, 1.54) is 28.7 Å². The summed E-state index contributed by atoms with van der Waals surface area (Å²) in [6, 6.07) is 12.5. The van der Waals surface area contributed by atoms with Crippen LogP contribution in [-0.2, 0) is 6.42 Å². The highest BCUT2D eigenvalue weighted by Gasteiger charge is 2.19. The maximum Gasteiger partial charge on any atom is 0.355 e. The van der Waals surface area contributed by atoms with Crippen molar-refractivity contribution in [1.29, 1.82) is 0 Å². The van der Waals surface area contributed by atoms with Crippen molar-refractivity contribution >= 4 is 60.8 Å². The highest BCUT2D eigenvalue weighted by molar-refractivity contribution is 7.22. The van der Waals surface area contributed by atoms with Crippen LogP contribution in [0.2, 0.25) is 0 Å². The van der Waals surface area contributed by atoms with Crippen LogP contribution in [0.25, 0.3) is 10.2 Å². The lowest BCUT2D eigenvalue weighted by atomic mass is 10.2. The van der Waals surface area contributed by atoms with E-state index in [1.807, 2.05) is 57.1 Å². The maximum atomic E-state index is 14.5. The van der Waals surface area contributed by atoms with Crippen LogP contribution in [0.15, 0.2) is 42.5 Å². The number of aryl methyl sites for hydroxylation is 1. The maximum absolute atomic E-state index is 14.5. The molecule has 0 fully saturated rings. The summed E-state index contributed by atoms with van der Waals surface area (Å²) in [5, 5.41) is 25.9. The molecule has 3 N–H and O–H groups in total. The van der Waals surface area contributed by atoms with Crippen molar-refractivity contribution in [1.82, 2.24) is 25.1 Å². The third kappa shape index (κ3) is 7.46. The van der Waals surface area contributed by atoms with Crippen molar-refractivity contribution in [3.05, 3.63) is 75.5 Å². The summed E-state index contributed by atoms with van der Waals surface area (Å²) in [5.41, 5.74) is 3.14. The normalized spacial score (nSPS) is 11.0. The highest BCUT2D eigenvalue weighted by Crippen LogP contribution is 2.32. The first-order valence-corrected chi connectivity index (χ1v) is 15.3.